The minimum Gasteiger partial charge on any atom is -0.476 e. The number of halogens is 2. The van der Waals surface area contributed by atoms with Crippen molar-refractivity contribution in [3.05, 3.63) is 63.3 Å². The second-order valence-electron chi connectivity index (χ2n) is 5.07. The predicted octanol–water partition coefficient (Wildman–Crippen LogP) is 4.40. The van der Waals surface area contributed by atoms with Crippen LogP contribution in [0.25, 0.3) is 10.9 Å². The van der Waals surface area contributed by atoms with Crippen LogP contribution in [-0.4, -0.2) is 20.9 Å². The molecule has 0 atom stereocenters. The molecule has 0 fully saturated rings. The van der Waals surface area contributed by atoms with E-state index in [1.165, 1.54) is 0 Å². The highest BCUT2D eigenvalue weighted by atomic mass is 35.5. The molecular weight excluding hydrogens is 323 g/mol. The lowest BCUT2D eigenvalue weighted by Crippen LogP contribution is -2.05. The number of carboxylic acids is 1. The molecule has 0 aliphatic rings. The summed E-state index contributed by atoms with van der Waals surface area (Å²) in [7, 11) is 0. The van der Waals surface area contributed by atoms with Crippen LogP contribution in [0.4, 0.5) is 0 Å². The van der Waals surface area contributed by atoms with Crippen molar-refractivity contribution in [2.75, 3.05) is 0 Å². The summed E-state index contributed by atoms with van der Waals surface area (Å²) >= 11 is 12.1. The van der Waals surface area contributed by atoms with Gasteiger partial charge < -0.3 is 5.11 Å². The van der Waals surface area contributed by atoms with E-state index in [1.54, 1.807) is 22.9 Å². The quantitative estimate of drug-likeness (QED) is 0.772. The topological polar surface area (TPSA) is 55.1 Å². The zero-order valence-electron chi connectivity index (χ0n) is 11.7. The van der Waals surface area contributed by atoms with Gasteiger partial charge in [0.25, 0.3) is 0 Å². The molecule has 3 aromatic rings. The molecule has 0 radical (unpaired) electrons. The highest BCUT2D eigenvalue weighted by Gasteiger charge is 2.17. The van der Waals surface area contributed by atoms with Gasteiger partial charge in [0.2, 0.25) is 0 Å². The van der Waals surface area contributed by atoms with E-state index in [2.05, 4.69) is 5.10 Å². The number of hydrogen-bond donors (Lipinski definition) is 1. The van der Waals surface area contributed by atoms with E-state index in [-0.39, 0.29) is 5.69 Å². The second-order valence-corrected chi connectivity index (χ2v) is 5.91. The van der Waals surface area contributed by atoms with Gasteiger partial charge in [-0.2, -0.15) is 5.10 Å². The summed E-state index contributed by atoms with van der Waals surface area (Å²) in [6.07, 6.45) is 0. The SMILES string of the molecule is Cc1ccc2c(C(=O)O)nn(Cc3ccc(Cl)cc3Cl)c2c1. The molecule has 22 heavy (non-hydrogen) atoms. The molecular formula is C16H12Cl2N2O2. The maximum atomic E-state index is 11.4. The fourth-order valence-electron chi connectivity index (χ4n) is 2.37. The Labute approximate surface area is 136 Å². The van der Waals surface area contributed by atoms with E-state index < -0.39 is 5.97 Å². The van der Waals surface area contributed by atoms with Crippen molar-refractivity contribution >= 4 is 40.1 Å². The van der Waals surface area contributed by atoms with Gasteiger partial charge in [0.05, 0.1) is 12.1 Å². The van der Waals surface area contributed by atoms with E-state index >= 15 is 0 Å². The van der Waals surface area contributed by atoms with E-state index in [1.807, 2.05) is 25.1 Å². The van der Waals surface area contributed by atoms with Crippen molar-refractivity contribution in [1.82, 2.24) is 9.78 Å². The summed E-state index contributed by atoms with van der Waals surface area (Å²) < 4.78 is 1.65. The highest BCUT2D eigenvalue weighted by Crippen LogP contribution is 2.25. The fourth-order valence-corrected chi connectivity index (χ4v) is 2.84. The molecule has 112 valence electrons. The number of carbonyl (C=O) groups is 1. The lowest BCUT2D eigenvalue weighted by atomic mass is 10.1. The standard InChI is InChI=1S/C16H12Cl2N2O2/c1-9-2-5-12-14(6-9)20(19-15(12)16(21)22)8-10-3-4-11(17)7-13(10)18/h2-7H,8H2,1H3,(H,21,22). The number of benzene rings is 2. The number of aromatic nitrogens is 2. The molecule has 1 N–H and O–H groups in total. The van der Waals surface area contributed by atoms with Crippen LogP contribution in [0.1, 0.15) is 21.6 Å². The van der Waals surface area contributed by atoms with E-state index in [0.29, 0.717) is 22.0 Å². The van der Waals surface area contributed by atoms with Gasteiger partial charge in [0.15, 0.2) is 5.69 Å². The Balaban J connectivity index is 2.14. The third kappa shape index (κ3) is 2.67. The van der Waals surface area contributed by atoms with Crippen LogP contribution in [-0.2, 0) is 6.54 Å². The summed E-state index contributed by atoms with van der Waals surface area (Å²) in [5, 5.41) is 15.2. The first-order valence-corrected chi connectivity index (χ1v) is 7.35. The lowest BCUT2D eigenvalue weighted by Gasteiger charge is -2.07. The first-order chi connectivity index (χ1) is 10.5. The van der Waals surface area contributed by atoms with Gasteiger partial charge in [-0.05, 0) is 36.2 Å². The molecule has 0 unspecified atom stereocenters. The van der Waals surface area contributed by atoms with Gasteiger partial charge in [0.1, 0.15) is 0 Å². The number of nitrogens with zero attached hydrogens (tertiary/aromatic N) is 2. The van der Waals surface area contributed by atoms with Crippen LogP contribution in [0.5, 0.6) is 0 Å². The maximum Gasteiger partial charge on any atom is 0.357 e. The Morgan fingerprint density at radius 1 is 1.23 bits per heavy atom. The van der Waals surface area contributed by atoms with Crippen molar-refractivity contribution in [2.24, 2.45) is 0 Å². The van der Waals surface area contributed by atoms with Gasteiger partial charge in [-0.1, -0.05) is 41.4 Å². The first-order valence-electron chi connectivity index (χ1n) is 6.60. The molecule has 0 aliphatic heterocycles. The van der Waals surface area contributed by atoms with Crippen LogP contribution in [0.2, 0.25) is 10.0 Å². The summed E-state index contributed by atoms with van der Waals surface area (Å²) in [5.41, 5.74) is 2.67. The predicted molar refractivity (Wildman–Crippen MR) is 87.0 cm³/mol. The Morgan fingerprint density at radius 3 is 2.68 bits per heavy atom. The summed E-state index contributed by atoms with van der Waals surface area (Å²) in [4.78, 5) is 11.4. The van der Waals surface area contributed by atoms with Crippen molar-refractivity contribution < 1.29 is 9.90 Å². The van der Waals surface area contributed by atoms with Crippen LogP contribution >= 0.6 is 23.2 Å². The third-order valence-corrected chi connectivity index (χ3v) is 4.03. The Kier molecular flexibility index (Phi) is 3.81. The molecule has 0 bridgehead atoms. The smallest absolute Gasteiger partial charge is 0.357 e. The molecule has 4 nitrogen and oxygen atoms in total. The second kappa shape index (κ2) is 5.63. The number of rotatable bonds is 3. The van der Waals surface area contributed by atoms with Crippen LogP contribution in [0, 0.1) is 6.92 Å². The molecule has 2 aromatic carbocycles. The molecule has 6 heteroatoms. The summed E-state index contributed by atoms with van der Waals surface area (Å²) in [5.74, 6) is -1.05. The fraction of sp³-hybridized carbons (Fsp3) is 0.125. The van der Waals surface area contributed by atoms with Crippen molar-refractivity contribution in [3.8, 4) is 0 Å². The van der Waals surface area contributed by atoms with Gasteiger partial charge in [-0.3, -0.25) is 4.68 Å². The monoisotopic (exact) mass is 334 g/mol. The molecule has 0 aliphatic carbocycles. The van der Waals surface area contributed by atoms with Gasteiger partial charge >= 0.3 is 5.97 Å². The average molecular weight is 335 g/mol. The summed E-state index contributed by atoms with van der Waals surface area (Å²) in [6, 6.07) is 10.8. The minimum atomic E-state index is -1.05. The maximum absolute atomic E-state index is 11.4. The number of carboxylic acid groups (broad SMARTS) is 1. The first kappa shape index (κ1) is 14.9. The number of aryl methyl sites for hydroxylation is 1. The van der Waals surface area contributed by atoms with Gasteiger partial charge in [-0.25, -0.2) is 4.79 Å². The third-order valence-electron chi connectivity index (χ3n) is 3.44. The average Bonchev–Trinajstić information content (AvgIpc) is 2.80. The zero-order valence-corrected chi connectivity index (χ0v) is 13.2. The molecule has 0 amide bonds. The number of hydrogen-bond acceptors (Lipinski definition) is 2. The molecule has 0 saturated carbocycles. The van der Waals surface area contributed by atoms with Crippen LogP contribution in [0.15, 0.2) is 36.4 Å². The van der Waals surface area contributed by atoms with Crippen molar-refractivity contribution in [2.45, 2.75) is 13.5 Å². The van der Waals surface area contributed by atoms with Gasteiger partial charge in [0, 0.05) is 15.4 Å². The van der Waals surface area contributed by atoms with E-state index in [4.69, 9.17) is 23.2 Å². The molecule has 3 rings (SSSR count). The Morgan fingerprint density at radius 2 is 2.00 bits per heavy atom. The molecule has 1 aromatic heterocycles. The van der Waals surface area contributed by atoms with E-state index in [0.717, 1.165) is 16.6 Å². The Hall–Kier alpha value is -2.04. The highest BCUT2D eigenvalue weighted by molar-refractivity contribution is 6.35. The van der Waals surface area contributed by atoms with Crippen molar-refractivity contribution in [1.29, 1.82) is 0 Å². The number of fused-ring (bicyclic) bond motifs is 1. The molecule has 1 heterocycles. The van der Waals surface area contributed by atoms with Crippen molar-refractivity contribution in [3.63, 3.8) is 0 Å². The van der Waals surface area contributed by atoms with E-state index in [9.17, 15) is 9.90 Å². The van der Waals surface area contributed by atoms with Gasteiger partial charge in [-0.15, -0.1) is 0 Å². The zero-order chi connectivity index (χ0) is 15.9. The largest absolute Gasteiger partial charge is 0.476 e. The minimum absolute atomic E-state index is 0.0417. The lowest BCUT2D eigenvalue weighted by molar-refractivity contribution is 0.0691. The summed E-state index contributed by atoms with van der Waals surface area (Å²) in [6.45, 7) is 2.33. The molecule has 0 saturated heterocycles. The van der Waals surface area contributed by atoms with Crippen LogP contribution in [0.3, 0.4) is 0 Å². The normalized spacial score (nSPS) is 11.0. The van der Waals surface area contributed by atoms with Crippen LogP contribution < -0.4 is 0 Å². The Bertz CT molecular complexity index is 887. The molecule has 0 spiro atoms. The number of aromatic carboxylic acids is 1.